The number of piperidine rings is 6. The third-order valence-electron chi connectivity index (χ3n) is 12.4. The van der Waals surface area contributed by atoms with Crippen molar-refractivity contribution in [2.75, 3.05) is 45.8 Å². The van der Waals surface area contributed by atoms with Gasteiger partial charge in [0.05, 0.1) is 13.1 Å². The molecule has 4 bridgehead atoms. The molecule has 59 heavy (non-hydrogen) atoms. The Bertz CT molecular complexity index is 1920. The Morgan fingerprint density at radius 3 is 1.34 bits per heavy atom. The minimum Gasteiger partial charge on any atom is -1.00 e. The number of hydrogen-bond donors (Lipinski definition) is 2. The van der Waals surface area contributed by atoms with Gasteiger partial charge in [0.2, 0.25) is 11.2 Å². The molecule has 11 heteroatoms. The fourth-order valence-electron chi connectivity index (χ4n) is 9.24. The van der Waals surface area contributed by atoms with Crippen molar-refractivity contribution < 1.29 is 60.3 Å². The molecular formula is C48H57BrN2O8. The number of carbonyl (C=O) groups is 3. The number of halogens is 1. The molecule has 0 unspecified atom stereocenters. The fraction of sp³-hybridized carbons (Fsp3) is 0.438. The molecule has 4 aromatic carbocycles. The van der Waals surface area contributed by atoms with Gasteiger partial charge < -0.3 is 45.9 Å². The Balaban J connectivity index is 0.000000202. The van der Waals surface area contributed by atoms with Crippen LogP contribution in [0.2, 0.25) is 0 Å². The van der Waals surface area contributed by atoms with Gasteiger partial charge >= 0.3 is 17.9 Å². The molecule has 6 aliphatic heterocycles. The van der Waals surface area contributed by atoms with Crippen molar-refractivity contribution in [3.63, 3.8) is 0 Å². The first-order valence-electron chi connectivity index (χ1n) is 20.7. The number of carbonyl (C=O) groups excluding carboxylic acids is 3. The van der Waals surface area contributed by atoms with Crippen LogP contribution in [0.15, 0.2) is 121 Å². The third kappa shape index (κ3) is 9.82. The fourth-order valence-corrected chi connectivity index (χ4v) is 9.24. The van der Waals surface area contributed by atoms with E-state index in [4.69, 9.17) is 14.2 Å². The zero-order chi connectivity index (χ0) is 41.0. The van der Waals surface area contributed by atoms with Crippen LogP contribution in [0.4, 0.5) is 0 Å². The lowest BCUT2D eigenvalue weighted by atomic mass is 9.82. The molecule has 0 aliphatic carbocycles. The van der Waals surface area contributed by atoms with Gasteiger partial charge in [-0.2, -0.15) is 0 Å². The smallest absolute Gasteiger partial charge is 0.362 e. The van der Waals surface area contributed by atoms with Crippen LogP contribution >= 0.6 is 0 Å². The van der Waals surface area contributed by atoms with Crippen molar-refractivity contribution >= 4 is 17.9 Å². The summed E-state index contributed by atoms with van der Waals surface area (Å²) in [5, 5.41) is 23.1. The van der Waals surface area contributed by atoms with Crippen LogP contribution in [0, 0.1) is 11.8 Å². The highest BCUT2D eigenvalue weighted by molar-refractivity contribution is 5.86. The van der Waals surface area contributed by atoms with E-state index in [1.54, 1.807) is 72.8 Å². The average Bonchev–Trinajstić information content (AvgIpc) is 3.24. The highest BCUT2D eigenvalue weighted by Crippen LogP contribution is 2.39. The minimum atomic E-state index is -1.90. The van der Waals surface area contributed by atoms with Gasteiger partial charge in [0.1, 0.15) is 18.2 Å². The van der Waals surface area contributed by atoms with Crippen LogP contribution in [0.3, 0.4) is 0 Å². The number of quaternary nitrogens is 1. The van der Waals surface area contributed by atoms with Gasteiger partial charge in [-0.3, -0.25) is 4.90 Å². The summed E-state index contributed by atoms with van der Waals surface area (Å²) in [6.45, 7) is 11.1. The normalized spacial score (nSPS) is 24.7. The van der Waals surface area contributed by atoms with Crippen molar-refractivity contribution in [3.8, 4) is 0 Å². The number of hydrogen-bond acceptors (Lipinski definition) is 9. The second-order valence-electron chi connectivity index (χ2n) is 17.5. The second-order valence-corrected chi connectivity index (χ2v) is 17.5. The lowest BCUT2D eigenvalue weighted by Crippen LogP contribution is -3.00. The van der Waals surface area contributed by atoms with Crippen LogP contribution in [-0.2, 0) is 39.8 Å². The van der Waals surface area contributed by atoms with Crippen molar-refractivity contribution in [1.29, 1.82) is 0 Å². The predicted molar refractivity (Wildman–Crippen MR) is 219 cm³/mol. The Morgan fingerprint density at radius 1 is 0.610 bits per heavy atom. The summed E-state index contributed by atoms with van der Waals surface area (Å²) in [5.41, 5.74) is -2.20. The van der Waals surface area contributed by atoms with Crippen molar-refractivity contribution in [1.82, 2.24) is 4.90 Å². The number of nitrogens with zero attached hydrogens (tertiary/aromatic N) is 2. The van der Waals surface area contributed by atoms with E-state index in [1.807, 2.05) is 69.3 Å². The summed E-state index contributed by atoms with van der Waals surface area (Å²) < 4.78 is 18.1. The lowest BCUT2D eigenvalue weighted by Gasteiger charge is -2.51. The van der Waals surface area contributed by atoms with Crippen LogP contribution in [0.5, 0.6) is 0 Å². The Kier molecular flexibility index (Phi) is 13.8. The Morgan fingerprint density at radius 2 is 0.983 bits per heavy atom. The summed E-state index contributed by atoms with van der Waals surface area (Å²) in [5.74, 6) is -0.830. The van der Waals surface area contributed by atoms with Crippen LogP contribution in [0.25, 0.3) is 0 Å². The number of esters is 3. The monoisotopic (exact) mass is 868 g/mol. The van der Waals surface area contributed by atoms with Crippen molar-refractivity contribution in [2.45, 2.75) is 75.5 Å². The number of aliphatic hydroxyl groups is 2. The van der Waals surface area contributed by atoms with Gasteiger partial charge in [-0.05, 0) is 74.9 Å². The Labute approximate surface area is 358 Å². The zero-order valence-electron chi connectivity index (χ0n) is 34.3. The molecule has 6 aliphatic rings. The van der Waals surface area contributed by atoms with E-state index in [0.717, 1.165) is 58.4 Å². The number of rotatable bonds is 10. The first kappa shape index (κ1) is 44.2. The van der Waals surface area contributed by atoms with Crippen LogP contribution in [0.1, 0.15) is 68.7 Å². The van der Waals surface area contributed by atoms with E-state index in [9.17, 15) is 24.6 Å². The molecule has 10 nitrogen and oxygen atoms in total. The van der Waals surface area contributed by atoms with E-state index >= 15 is 0 Å². The number of fused-ring (bicyclic) bond motifs is 6. The molecule has 0 radical (unpaired) electrons. The highest BCUT2D eigenvalue weighted by atomic mass is 79.9. The van der Waals surface area contributed by atoms with Gasteiger partial charge in [0.25, 0.3) is 0 Å². The minimum absolute atomic E-state index is 0. The Hall–Kier alpha value is -4.39. The van der Waals surface area contributed by atoms with Crippen molar-refractivity contribution in [2.24, 2.45) is 11.8 Å². The van der Waals surface area contributed by atoms with Crippen LogP contribution < -0.4 is 17.0 Å². The zero-order valence-corrected chi connectivity index (χ0v) is 35.8. The second kappa shape index (κ2) is 18.5. The molecule has 6 saturated heterocycles. The lowest BCUT2D eigenvalue weighted by molar-refractivity contribution is -0.939. The maximum Gasteiger partial charge on any atom is 0.362 e. The molecule has 4 aromatic rings. The molecule has 314 valence electrons. The molecule has 6 heterocycles. The molecule has 2 atom stereocenters. The summed E-state index contributed by atoms with van der Waals surface area (Å²) in [6, 6.07) is 35.9. The molecule has 0 saturated carbocycles. The van der Waals surface area contributed by atoms with Crippen LogP contribution in [-0.4, -0.2) is 101 Å². The van der Waals surface area contributed by atoms with E-state index in [2.05, 4.69) is 4.90 Å². The highest BCUT2D eigenvalue weighted by Gasteiger charge is 2.52. The number of ether oxygens (including phenoxy) is 3. The first-order chi connectivity index (χ1) is 27.8. The molecule has 0 amide bonds. The SMILES string of the molecule is CC(C)(C)OC(=O)C[N+]12CCC(CC1)[C@@H](OC(=O)C(O)(c1ccccc1)c1ccccc1)C2.O=C(O[C@H]1CN2CCC1CC2)C(O)(c1ccccc1)c1ccccc1.[Br-]. The largest absolute Gasteiger partial charge is 1.00 e. The van der Waals surface area contributed by atoms with Gasteiger partial charge in [0.15, 0.2) is 12.6 Å². The first-order valence-corrected chi connectivity index (χ1v) is 20.7. The maximum atomic E-state index is 13.6. The summed E-state index contributed by atoms with van der Waals surface area (Å²) in [7, 11) is 0. The van der Waals surface area contributed by atoms with E-state index < -0.39 is 28.7 Å². The maximum absolute atomic E-state index is 13.6. The molecule has 2 N–H and O–H groups in total. The van der Waals surface area contributed by atoms with Gasteiger partial charge in [0, 0.05) is 25.3 Å². The average molecular weight is 870 g/mol. The number of benzene rings is 4. The standard InChI is InChI=1S/C27H34NO5.C21H23NO3.BrH/c1-26(2,3)33-24(29)19-28-16-14-20(15-17-28)23(18-28)32-25(30)27(31,21-10-6-4-7-11-21)22-12-8-5-9-13-22;23-20(25-19-15-22-13-11-16(19)12-14-22)21(24,17-7-3-1-4-8-17)18-9-5-2-6-10-18;/h4-13,20,23,31H,14-19H2,1-3H3;1-10,16,19,24H,11-15H2;1H/q+1;;/p-1/t20?,23-,28?;19-;/m00./s1. The summed E-state index contributed by atoms with van der Waals surface area (Å²) >= 11 is 0. The molecule has 10 rings (SSSR count). The van der Waals surface area contributed by atoms with Gasteiger partial charge in [-0.25, -0.2) is 14.4 Å². The molecule has 0 aromatic heterocycles. The van der Waals surface area contributed by atoms with Gasteiger partial charge in [-0.15, -0.1) is 0 Å². The third-order valence-corrected chi connectivity index (χ3v) is 12.4. The van der Waals surface area contributed by atoms with E-state index in [1.165, 1.54) is 0 Å². The molecular weight excluding hydrogens is 812 g/mol. The summed E-state index contributed by atoms with van der Waals surface area (Å²) in [6.07, 6.45) is 3.42. The van der Waals surface area contributed by atoms with E-state index in [0.29, 0.717) is 39.2 Å². The predicted octanol–water partition coefficient (Wildman–Crippen LogP) is 2.98. The molecule has 6 fully saturated rings. The van der Waals surface area contributed by atoms with Gasteiger partial charge in [-0.1, -0.05) is 121 Å². The quantitative estimate of drug-likeness (QED) is 0.141. The summed E-state index contributed by atoms with van der Waals surface area (Å²) in [4.78, 5) is 41.6. The topological polar surface area (TPSA) is 123 Å². The van der Waals surface area contributed by atoms with E-state index in [-0.39, 0.29) is 47.6 Å². The van der Waals surface area contributed by atoms with Crippen molar-refractivity contribution in [3.05, 3.63) is 144 Å². The molecule has 0 spiro atoms.